The summed E-state index contributed by atoms with van der Waals surface area (Å²) in [6.45, 7) is 16.5. The molecule has 1 heterocycles. The summed E-state index contributed by atoms with van der Waals surface area (Å²) in [6.07, 6.45) is 5.59. The fraction of sp³-hybridized carbons (Fsp3) is 1.00. The highest BCUT2D eigenvalue weighted by Gasteiger charge is 2.48. The standard InChI is InChI=1S/C16H32N2/c1-14(2,3)17-13-7-9-16(10-8-13)11-18(12-16)15(4,5)6/h13,17H,7-12H2,1-6H3. The third-order valence-electron chi connectivity index (χ3n) is 4.68. The normalized spacial score (nSPS) is 26.3. The molecule has 0 radical (unpaired) electrons. The summed E-state index contributed by atoms with van der Waals surface area (Å²) < 4.78 is 0. The molecule has 1 spiro atoms. The highest BCUT2D eigenvalue weighted by molar-refractivity contribution is 5.02. The number of nitrogens with one attached hydrogen (secondary N) is 1. The molecule has 0 aromatic rings. The molecule has 2 aliphatic rings. The molecule has 1 saturated heterocycles. The number of likely N-dealkylation sites (tertiary alicyclic amines) is 1. The molecule has 1 aliphatic heterocycles. The van der Waals surface area contributed by atoms with Gasteiger partial charge in [0.2, 0.25) is 0 Å². The fourth-order valence-electron chi connectivity index (χ4n) is 3.54. The smallest absolute Gasteiger partial charge is 0.0125 e. The summed E-state index contributed by atoms with van der Waals surface area (Å²) in [5.74, 6) is 0. The van der Waals surface area contributed by atoms with E-state index < -0.39 is 0 Å². The Morgan fingerprint density at radius 1 is 0.944 bits per heavy atom. The first-order chi connectivity index (χ1) is 8.10. The molecule has 0 unspecified atom stereocenters. The van der Waals surface area contributed by atoms with Crippen LogP contribution in [-0.4, -0.2) is 35.1 Å². The number of rotatable bonds is 1. The van der Waals surface area contributed by atoms with Crippen LogP contribution in [0.3, 0.4) is 0 Å². The van der Waals surface area contributed by atoms with Gasteiger partial charge in [0.25, 0.3) is 0 Å². The Labute approximate surface area is 114 Å². The monoisotopic (exact) mass is 252 g/mol. The van der Waals surface area contributed by atoms with Gasteiger partial charge in [0.05, 0.1) is 0 Å². The summed E-state index contributed by atoms with van der Waals surface area (Å²) >= 11 is 0. The Balaban J connectivity index is 1.79. The van der Waals surface area contributed by atoms with Crippen LogP contribution in [0.4, 0.5) is 0 Å². The maximum absolute atomic E-state index is 3.77. The summed E-state index contributed by atoms with van der Waals surface area (Å²) in [7, 11) is 0. The van der Waals surface area contributed by atoms with E-state index in [1.54, 1.807) is 0 Å². The van der Waals surface area contributed by atoms with Gasteiger partial charge in [0.1, 0.15) is 0 Å². The van der Waals surface area contributed by atoms with Crippen molar-refractivity contribution in [3.05, 3.63) is 0 Å². The van der Waals surface area contributed by atoms with Crippen LogP contribution in [-0.2, 0) is 0 Å². The predicted octanol–water partition coefficient (Wildman–Crippen LogP) is 3.42. The minimum Gasteiger partial charge on any atom is -0.309 e. The molecule has 2 nitrogen and oxygen atoms in total. The van der Waals surface area contributed by atoms with Crippen LogP contribution in [0, 0.1) is 5.41 Å². The van der Waals surface area contributed by atoms with E-state index in [1.165, 1.54) is 38.8 Å². The van der Waals surface area contributed by atoms with Crippen molar-refractivity contribution in [2.24, 2.45) is 5.41 Å². The van der Waals surface area contributed by atoms with Gasteiger partial charge in [0.15, 0.2) is 0 Å². The molecule has 2 heteroatoms. The van der Waals surface area contributed by atoms with Crippen molar-refractivity contribution in [2.75, 3.05) is 13.1 Å². The van der Waals surface area contributed by atoms with Gasteiger partial charge >= 0.3 is 0 Å². The first-order valence-electron chi connectivity index (χ1n) is 7.63. The Morgan fingerprint density at radius 2 is 1.44 bits per heavy atom. The molecule has 0 aromatic heterocycles. The van der Waals surface area contributed by atoms with Gasteiger partial charge in [-0.05, 0) is 72.6 Å². The van der Waals surface area contributed by atoms with Crippen molar-refractivity contribution in [2.45, 2.75) is 84.3 Å². The average molecular weight is 252 g/mol. The molecule has 1 aliphatic carbocycles. The lowest BCUT2D eigenvalue weighted by Crippen LogP contribution is -2.64. The zero-order chi connectivity index (χ0) is 13.6. The van der Waals surface area contributed by atoms with Gasteiger partial charge < -0.3 is 5.32 Å². The molecule has 2 fully saturated rings. The third-order valence-corrected chi connectivity index (χ3v) is 4.68. The van der Waals surface area contributed by atoms with E-state index in [9.17, 15) is 0 Å². The predicted molar refractivity (Wildman–Crippen MR) is 78.9 cm³/mol. The summed E-state index contributed by atoms with van der Waals surface area (Å²) in [5, 5.41) is 3.77. The van der Waals surface area contributed by atoms with E-state index in [0.29, 0.717) is 11.0 Å². The Bertz CT molecular complexity index is 279. The molecule has 1 saturated carbocycles. The van der Waals surface area contributed by atoms with Crippen LogP contribution < -0.4 is 5.32 Å². The van der Waals surface area contributed by atoms with Crippen LogP contribution in [0.25, 0.3) is 0 Å². The van der Waals surface area contributed by atoms with Crippen molar-refractivity contribution in [3.8, 4) is 0 Å². The van der Waals surface area contributed by atoms with Gasteiger partial charge in [-0.25, -0.2) is 0 Å². The van der Waals surface area contributed by atoms with Gasteiger partial charge in [-0.1, -0.05) is 0 Å². The highest BCUT2D eigenvalue weighted by atomic mass is 15.3. The van der Waals surface area contributed by atoms with Gasteiger partial charge in [-0.15, -0.1) is 0 Å². The van der Waals surface area contributed by atoms with Crippen LogP contribution >= 0.6 is 0 Å². The molecule has 1 N–H and O–H groups in total. The van der Waals surface area contributed by atoms with E-state index >= 15 is 0 Å². The van der Waals surface area contributed by atoms with Crippen molar-refractivity contribution in [1.29, 1.82) is 0 Å². The number of hydrogen-bond donors (Lipinski definition) is 1. The topological polar surface area (TPSA) is 15.3 Å². The largest absolute Gasteiger partial charge is 0.309 e. The molecule has 106 valence electrons. The Hall–Kier alpha value is -0.0800. The van der Waals surface area contributed by atoms with Gasteiger partial charge in [-0.2, -0.15) is 0 Å². The fourth-order valence-corrected chi connectivity index (χ4v) is 3.54. The van der Waals surface area contributed by atoms with Crippen molar-refractivity contribution in [3.63, 3.8) is 0 Å². The maximum atomic E-state index is 3.77. The van der Waals surface area contributed by atoms with E-state index in [-0.39, 0.29) is 5.54 Å². The third kappa shape index (κ3) is 3.27. The lowest BCUT2D eigenvalue weighted by atomic mass is 9.66. The van der Waals surface area contributed by atoms with Crippen molar-refractivity contribution < 1.29 is 0 Å². The van der Waals surface area contributed by atoms with Crippen LogP contribution in [0.2, 0.25) is 0 Å². The summed E-state index contributed by atoms with van der Waals surface area (Å²) in [5.41, 5.74) is 1.31. The molecule has 0 aromatic carbocycles. The van der Waals surface area contributed by atoms with E-state index in [0.717, 1.165) is 6.04 Å². The van der Waals surface area contributed by atoms with E-state index in [4.69, 9.17) is 0 Å². The molecular weight excluding hydrogens is 220 g/mol. The van der Waals surface area contributed by atoms with Crippen molar-refractivity contribution in [1.82, 2.24) is 10.2 Å². The molecule has 2 rings (SSSR count). The summed E-state index contributed by atoms with van der Waals surface area (Å²) in [6, 6.07) is 0.749. The lowest BCUT2D eigenvalue weighted by Gasteiger charge is -2.58. The summed E-state index contributed by atoms with van der Waals surface area (Å²) in [4.78, 5) is 2.64. The quantitative estimate of drug-likeness (QED) is 0.769. The molecule has 0 bridgehead atoms. The van der Waals surface area contributed by atoms with Crippen LogP contribution in [0.1, 0.15) is 67.2 Å². The number of nitrogens with zero attached hydrogens (tertiary/aromatic N) is 1. The lowest BCUT2D eigenvalue weighted by molar-refractivity contribution is -0.0828. The van der Waals surface area contributed by atoms with Gasteiger partial charge in [0, 0.05) is 30.2 Å². The minimum atomic E-state index is 0.270. The maximum Gasteiger partial charge on any atom is 0.0125 e. The van der Waals surface area contributed by atoms with E-state index in [1.807, 2.05) is 0 Å². The Morgan fingerprint density at radius 3 is 1.83 bits per heavy atom. The minimum absolute atomic E-state index is 0.270. The van der Waals surface area contributed by atoms with E-state index in [2.05, 4.69) is 51.8 Å². The van der Waals surface area contributed by atoms with Crippen LogP contribution in [0.5, 0.6) is 0 Å². The first-order valence-corrected chi connectivity index (χ1v) is 7.63. The molecular formula is C16H32N2. The zero-order valence-electron chi connectivity index (χ0n) is 13.3. The average Bonchev–Trinajstić information content (AvgIpc) is 2.11. The molecule has 18 heavy (non-hydrogen) atoms. The second kappa shape index (κ2) is 4.49. The zero-order valence-corrected chi connectivity index (χ0v) is 13.3. The highest BCUT2D eigenvalue weighted by Crippen LogP contribution is 2.46. The van der Waals surface area contributed by atoms with Gasteiger partial charge in [-0.3, -0.25) is 4.90 Å². The molecule has 0 amide bonds. The first kappa shape index (κ1) is 14.3. The molecule has 0 atom stereocenters. The van der Waals surface area contributed by atoms with Crippen LogP contribution in [0.15, 0.2) is 0 Å². The second-order valence-corrected chi connectivity index (χ2v) is 8.70. The second-order valence-electron chi connectivity index (χ2n) is 8.70. The number of hydrogen-bond acceptors (Lipinski definition) is 2. The van der Waals surface area contributed by atoms with Crippen molar-refractivity contribution >= 4 is 0 Å². The Kier molecular flexibility index (Phi) is 3.57. The SMILES string of the molecule is CC(C)(C)NC1CCC2(CC1)CN(C(C)(C)C)C2.